The van der Waals surface area contributed by atoms with Crippen molar-refractivity contribution in [2.45, 2.75) is 76.6 Å². The van der Waals surface area contributed by atoms with Gasteiger partial charge in [0.2, 0.25) is 0 Å². The second-order valence-electron chi connectivity index (χ2n) is 10.1. The Balaban J connectivity index is 1.37. The zero-order chi connectivity index (χ0) is 17.9. The summed E-state index contributed by atoms with van der Waals surface area (Å²) in [7, 11) is 0. The quantitative estimate of drug-likeness (QED) is 0.735. The molecule has 3 heteroatoms. The minimum Gasteiger partial charge on any atom is -0.393 e. The van der Waals surface area contributed by atoms with Gasteiger partial charge in [-0.15, -0.1) is 6.58 Å². The van der Waals surface area contributed by atoms with Crippen LogP contribution in [0, 0.1) is 40.9 Å². The fourth-order valence-electron chi connectivity index (χ4n) is 8.45. The molecule has 0 radical (unpaired) electrons. The Morgan fingerprint density at radius 1 is 0.962 bits per heavy atom. The third-order valence-corrected chi connectivity index (χ3v) is 9.38. The van der Waals surface area contributed by atoms with Crippen LogP contribution in [-0.4, -0.2) is 30.2 Å². The van der Waals surface area contributed by atoms with E-state index in [0.717, 1.165) is 55.6 Å². The van der Waals surface area contributed by atoms with Gasteiger partial charge in [0.15, 0.2) is 5.79 Å². The number of aliphatic hydroxyl groups excluding tert-OH is 1. The molecule has 0 bridgehead atoms. The molecule has 5 fully saturated rings. The maximum absolute atomic E-state index is 10.4. The van der Waals surface area contributed by atoms with E-state index < -0.39 is 0 Å². The van der Waals surface area contributed by atoms with Crippen LogP contribution in [0.4, 0.5) is 0 Å². The molecule has 26 heavy (non-hydrogen) atoms. The Morgan fingerprint density at radius 2 is 1.73 bits per heavy atom. The maximum atomic E-state index is 10.4. The Kier molecular flexibility index (Phi) is 4.30. The highest BCUT2D eigenvalue weighted by Gasteiger charge is 2.59. The summed E-state index contributed by atoms with van der Waals surface area (Å²) >= 11 is 0. The molecule has 8 atom stereocenters. The monoisotopic (exact) mass is 360 g/mol. The summed E-state index contributed by atoms with van der Waals surface area (Å²) in [4.78, 5) is 0. The fourth-order valence-corrected chi connectivity index (χ4v) is 8.45. The number of rotatable bonds is 2. The highest BCUT2D eigenvalue weighted by Crippen LogP contribution is 2.65. The minimum atomic E-state index is -0.224. The SMILES string of the molecule is C=C[C@]12CC[C@H]3[C@@H](CC[C@@H]4CC5(CC[C@@H]43)OCCO5)[C@@H]1CC[C@@H]2C(C)O. The van der Waals surface area contributed by atoms with Gasteiger partial charge in [-0.05, 0) is 92.8 Å². The molecule has 0 aromatic carbocycles. The lowest BCUT2D eigenvalue weighted by molar-refractivity contribution is -0.209. The van der Waals surface area contributed by atoms with E-state index in [1.807, 2.05) is 6.92 Å². The van der Waals surface area contributed by atoms with Crippen molar-refractivity contribution in [1.82, 2.24) is 0 Å². The first-order valence-electron chi connectivity index (χ1n) is 11.2. The Hall–Kier alpha value is -0.380. The lowest BCUT2D eigenvalue weighted by atomic mass is 9.49. The summed E-state index contributed by atoms with van der Waals surface area (Å²) in [6.07, 6.45) is 13.4. The van der Waals surface area contributed by atoms with Crippen LogP contribution in [0.3, 0.4) is 0 Å². The first kappa shape index (κ1) is 17.7. The maximum Gasteiger partial charge on any atom is 0.168 e. The van der Waals surface area contributed by atoms with Crippen molar-refractivity contribution in [3.8, 4) is 0 Å². The van der Waals surface area contributed by atoms with Gasteiger partial charge in [0.25, 0.3) is 0 Å². The number of allylic oxidation sites excluding steroid dienone is 1. The number of hydrogen-bond donors (Lipinski definition) is 1. The average molecular weight is 361 g/mol. The van der Waals surface area contributed by atoms with Gasteiger partial charge in [-0.3, -0.25) is 0 Å². The molecule has 1 heterocycles. The van der Waals surface area contributed by atoms with Crippen LogP contribution in [0.5, 0.6) is 0 Å². The lowest BCUT2D eigenvalue weighted by Gasteiger charge is -2.57. The number of ether oxygens (including phenoxy) is 2. The second kappa shape index (κ2) is 6.32. The molecule has 1 aliphatic heterocycles. The van der Waals surface area contributed by atoms with E-state index >= 15 is 0 Å². The lowest BCUT2D eigenvalue weighted by Crippen LogP contribution is -2.52. The molecular formula is C23H36O3. The first-order chi connectivity index (χ1) is 12.6. The fraction of sp³-hybridized carbons (Fsp3) is 0.913. The van der Waals surface area contributed by atoms with Crippen molar-refractivity contribution >= 4 is 0 Å². The highest BCUT2D eigenvalue weighted by molar-refractivity contribution is 5.14. The molecule has 4 saturated carbocycles. The first-order valence-corrected chi connectivity index (χ1v) is 11.2. The van der Waals surface area contributed by atoms with Gasteiger partial charge >= 0.3 is 0 Å². The second-order valence-corrected chi connectivity index (χ2v) is 10.1. The summed E-state index contributed by atoms with van der Waals surface area (Å²) in [6.45, 7) is 7.85. The van der Waals surface area contributed by atoms with Crippen molar-refractivity contribution in [1.29, 1.82) is 0 Å². The Labute approximate surface area is 158 Å². The molecule has 0 amide bonds. The molecule has 0 aromatic heterocycles. The van der Waals surface area contributed by atoms with Crippen molar-refractivity contribution in [2.24, 2.45) is 40.9 Å². The summed E-state index contributed by atoms with van der Waals surface area (Å²) in [6, 6.07) is 0. The minimum absolute atomic E-state index is 0.197. The number of hydrogen-bond acceptors (Lipinski definition) is 3. The van der Waals surface area contributed by atoms with Crippen LogP contribution in [0.15, 0.2) is 12.7 Å². The van der Waals surface area contributed by atoms with Crippen LogP contribution >= 0.6 is 0 Å². The predicted molar refractivity (Wildman–Crippen MR) is 101 cm³/mol. The molecular weight excluding hydrogens is 324 g/mol. The molecule has 0 aromatic rings. The Morgan fingerprint density at radius 3 is 2.46 bits per heavy atom. The van der Waals surface area contributed by atoms with Crippen LogP contribution in [0.1, 0.15) is 64.7 Å². The van der Waals surface area contributed by atoms with Crippen molar-refractivity contribution in [2.75, 3.05) is 13.2 Å². The largest absolute Gasteiger partial charge is 0.393 e. The van der Waals surface area contributed by atoms with Crippen LogP contribution in [0.2, 0.25) is 0 Å². The summed E-state index contributed by atoms with van der Waals surface area (Å²) in [5.74, 6) is 4.38. The van der Waals surface area contributed by atoms with Crippen LogP contribution in [0.25, 0.3) is 0 Å². The third kappa shape index (κ3) is 2.42. The molecule has 1 N–H and O–H groups in total. The molecule has 1 spiro atoms. The molecule has 3 nitrogen and oxygen atoms in total. The highest BCUT2D eigenvalue weighted by atomic mass is 16.7. The predicted octanol–water partition coefficient (Wildman–Crippen LogP) is 4.55. The van der Waals surface area contributed by atoms with Gasteiger partial charge in [0, 0.05) is 12.8 Å². The van der Waals surface area contributed by atoms with Crippen LogP contribution in [-0.2, 0) is 9.47 Å². The average Bonchev–Trinajstić information content (AvgIpc) is 3.26. The van der Waals surface area contributed by atoms with Gasteiger partial charge in [-0.25, -0.2) is 0 Å². The summed E-state index contributed by atoms with van der Waals surface area (Å²) < 4.78 is 12.1. The van der Waals surface area contributed by atoms with Crippen molar-refractivity contribution in [3.05, 3.63) is 12.7 Å². The zero-order valence-corrected chi connectivity index (χ0v) is 16.4. The number of aliphatic hydroxyl groups is 1. The van der Waals surface area contributed by atoms with Crippen molar-refractivity contribution in [3.63, 3.8) is 0 Å². The zero-order valence-electron chi connectivity index (χ0n) is 16.4. The standard InChI is InChI=1S/C23H36O3/c1-3-22-10-8-18-17-9-11-23(25-12-13-26-23)14-16(17)4-5-19(18)21(22)7-6-20(22)15(2)24/h3,15-21,24H,1,4-14H2,2H3/t15?,16-,17+,18-,19-,20-,21+,22-/m1/s1. The van der Waals surface area contributed by atoms with Crippen LogP contribution < -0.4 is 0 Å². The van der Waals surface area contributed by atoms with Gasteiger partial charge in [-0.2, -0.15) is 0 Å². The normalized spacial score (nSPS) is 50.7. The van der Waals surface area contributed by atoms with Gasteiger partial charge in [0.1, 0.15) is 0 Å². The van der Waals surface area contributed by atoms with E-state index in [-0.39, 0.29) is 17.3 Å². The van der Waals surface area contributed by atoms with E-state index in [1.165, 1.54) is 44.9 Å². The molecule has 4 aliphatic carbocycles. The van der Waals surface area contributed by atoms with Gasteiger partial charge in [-0.1, -0.05) is 6.08 Å². The van der Waals surface area contributed by atoms with Gasteiger partial charge in [0.05, 0.1) is 19.3 Å². The molecule has 5 rings (SSSR count). The van der Waals surface area contributed by atoms with E-state index in [0.29, 0.717) is 5.92 Å². The van der Waals surface area contributed by atoms with E-state index in [9.17, 15) is 5.11 Å². The molecule has 5 aliphatic rings. The molecule has 1 unspecified atom stereocenters. The molecule has 146 valence electrons. The van der Waals surface area contributed by atoms with E-state index in [4.69, 9.17) is 9.47 Å². The smallest absolute Gasteiger partial charge is 0.168 e. The number of fused-ring (bicyclic) bond motifs is 5. The third-order valence-electron chi connectivity index (χ3n) is 9.38. The van der Waals surface area contributed by atoms with E-state index in [2.05, 4.69) is 12.7 Å². The van der Waals surface area contributed by atoms with Crippen molar-refractivity contribution < 1.29 is 14.6 Å². The van der Waals surface area contributed by atoms with Gasteiger partial charge < -0.3 is 14.6 Å². The summed E-state index contributed by atoms with van der Waals surface area (Å²) in [5.41, 5.74) is 0.204. The van der Waals surface area contributed by atoms with E-state index in [1.54, 1.807) is 0 Å². The topological polar surface area (TPSA) is 38.7 Å². The summed E-state index contributed by atoms with van der Waals surface area (Å²) in [5, 5.41) is 10.4. The Bertz CT molecular complexity index is 552. The molecule has 1 saturated heterocycles.